The number of benzene rings is 2. The lowest BCUT2D eigenvalue weighted by atomic mass is 10.1. The van der Waals surface area contributed by atoms with Gasteiger partial charge in [-0.15, -0.1) is 0 Å². The third-order valence-electron chi connectivity index (χ3n) is 3.70. The zero-order chi connectivity index (χ0) is 18.9. The van der Waals surface area contributed by atoms with Crippen LogP contribution in [0.1, 0.15) is 21.5 Å². The van der Waals surface area contributed by atoms with Crippen LogP contribution in [-0.4, -0.2) is 38.6 Å². The van der Waals surface area contributed by atoms with Gasteiger partial charge in [0.1, 0.15) is 0 Å². The minimum Gasteiger partial charge on any atom is -0.383 e. The monoisotopic (exact) mass is 355 g/mol. The zero-order valence-corrected chi connectivity index (χ0v) is 15.4. The molecule has 2 aromatic carbocycles. The predicted molar refractivity (Wildman–Crippen MR) is 104 cm³/mol. The lowest BCUT2D eigenvalue weighted by Crippen LogP contribution is -2.27. The summed E-state index contributed by atoms with van der Waals surface area (Å²) in [6.07, 6.45) is 0. The van der Waals surface area contributed by atoms with Gasteiger partial charge < -0.3 is 20.7 Å². The highest BCUT2D eigenvalue weighted by molar-refractivity contribution is 5.96. The van der Waals surface area contributed by atoms with Crippen molar-refractivity contribution in [3.8, 4) is 0 Å². The minimum absolute atomic E-state index is 0.151. The molecule has 6 heteroatoms. The Labute approximate surface area is 153 Å². The van der Waals surface area contributed by atoms with Crippen molar-refractivity contribution in [2.24, 2.45) is 0 Å². The maximum Gasteiger partial charge on any atom is 0.251 e. The molecular formula is C20H25N3O3. The normalized spacial score (nSPS) is 10.3. The topological polar surface area (TPSA) is 79.5 Å². The Morgan fingerprint density at radius 3 is 2.23 bits per heavy atom. The van der Waals surface area contributed by atoms with Crippen LogP contribution in [0.3, 0.4) is 0 Å². The van der Waals surface area contributed by atoms with Gasteiger partial charge in [0.25, 0.3) is 5.91 Å². The summed E-state index contributed by atoms with van der Waals surface area (Å²) in [7, 11) is 1.58. The molecule has 0 spiro atoms. The van der Waals surface area contributed by atoms with Crippen LogP contribution in [0.25, 0.3) is 0 Å². The second kappa shape index (κ2) is 9.58. The van der Waals surface area contributed by atoms with Crippen LogP contribution >= 0.6 is 0 Å². The first-order valence-corrected chi connectivity index (χ1v) is 8.47. The summed E-state index contributed by atoms with van der Waals surface area (Å²) in [5.74, 6) is -0.321. The van der Waals surface area contributed by atoms with Gasteiger partial charge in [0.05, 0.1) is 13.2 Å². The zero-order valence-electron chi connectivity index (χ0n) is 15.4. The summed E-state index contributed by atoms with van der Waals surface area (Å²) in [6.45, 7) is 5.13. The van der Waals surface area contributed by atoms with Gasteiger partial charge in [-0.3, -0.25) is 9.59 Å². The van der Waals surface area contributed by atoms with Crippen molar-refractivity contribution in [2.75, 3.05) is 37.4 Å². The van der Waals surface area contributed by atoms with Gasteiger partial charge in [-0.05, 0) is 61.4 Å². The van der Waals surface area contributed by atoms with Gasteiger partial charge in [-0.2, -0.15) is 0 Å². The largest absolute Gasteiger partial charge is 0.383 e. The van der Waals surface area contributed by atoms with E-state index < -0.39 is 0 Å². The van der Waals surface area contributed by atoms with Crippen LogP contribution in [0, 0.1) is 13.8 Å². The van der Waals surface area contributed by atoms with Gasteiger partial charge in [0, 0.05) is 30.6 Å². The highest BCUT2D eigenvalue weighted by Gasteiger charge is 2.06. The summed E-state index contributed by atoms with van der Waals surface area (Å²) in [6, 6.07) is 12.8. The number of amides is 2. The first-order valence-electron chi connectivity index (χ1n) is 8.47. The van der Waals surface area contributed by atoms with Crippen LogP contribution in [0.4, 0.5) is 11.4 Å². The van der Waals surface area contributed by atoms with Gasteiger partial charge in [-0.1, -0.05) is 6.07 Å². The van der Waals surface area contributed by atoms with Crippen LogP contribution in [0.15, 0.2) is 42.5 Å². The van der Waals surface area contributed by atoms with Crippen molar-refractivity contribution in [3.05, 3.63) is 59.2 Å². The van der Waals surface area contributed by atoms with Crippen molar-refractivity contribution in [3.63, 3.8) is 0 Å². The van der Waals surface area contributed by atoms with E-state index in [1.165, 1.54) is 0 Å². The van der Waals surface area contributed by atoms with Crippen molar-refractivity contribution < 1.29 is 14.3 Å². The van der Waals surface area contributed by atoms with E-state index in [1.807, 2.05) is 26.0 Å². The summed E-state index contributed by atoms with van der Waals surface area (Å²) >= 11 is 0. The van der Waals surface area contributed by atoms with Crippen LogP contribution < -0.4 is 16.0 Å². The number of hydrogen-bond acceptors (Lipinski definition) is 4. The van der Waals surface area contributed by atoms with Gasteiger partial charge >= 0.3 is 0 Å². The first kappa shape index (κ1) is 19.5. The Morgan fingerprint density at radius 1 is 0.962 bits per heavy atom. The molecule has 26 heavy (non-hydrogen) atoms. The molecule has 0 aliphatic rings. The first-order chi connectivity index (χ1) is 12.5. The molecule has 0 aliphatic carbocycles. The molecule has 138 valence electrons. The van der Waals surface area contributed by atoms with Crippen molar-refractivity contribution in [2.45, 2.75) is 13.8 Å². The van der Waals surface area contributed by atoms with Crippen LogP contribution in [-0.2, 0) is 9.53 Å². The number of nitrogens with one attached hydrogen (secondary N) is 3. The second-order valence-electron chi connectivity index (χ2n) is 6.10. The molecule has 0 heterocycles. The molecule has 2 amide bonds. The Kier molecular flexibility index (Phi) is 7.17. The van der Waals surface area contributed by atoms with Crippen LogP contribution in [0.2, 0.25) is 0 Å². The van der Waals surface area contributed by atoms with Crippen molar-refractivity contribution in [1.29, 1.82) is 0 Å². The Hall–Kier alpha value is -2.86. The average molecular weight is 355 g/mol. The van der Waals surface area contributed by atoms with Crippen molar-refractivity contribution >= 4 is 23.2 Å². The van der Waals surface area contributed by atoms with E-state index >= 15 is 0 Å². The standard InChI is InChI=1S/C20H25N3O3/c1-14-10-15(2)12-18(11-14)22-13-19(24)23-17-6-4-16(5-7-17)20(25)21-8-9-26-3/h4-7,10-12,22H,8-9,13H2,1-3H3,(H,21,25)(H,23,24). The smallest absolute Gasteiger partial charge is 0.251 e. The molecule has 6 nitrogen and oxygen atoms in total. The molecule has 2 aromatic rings. The van der Waals surface area contributed by atoms with E-state index in [-0.39, 0.29) is 18.4 Å². The number of anilines is 2. The Morgan fingerprint density at radius 2 is 1.62 bits per heavy atom. The van der Waals surface area contributed by atoms with E-state index in [2.05, 4.69) is 22.0 Å². The Bertz CT molecular complexity index is 737. The third-order valence-corrected chi connectivity index (χ3v) is 3.70. The van der Waals surface area contributed by atoms with Gasteiger partial charge in [0.15, 0.2) is 0 Å². The number of hydrogen-bond donors (Lipinski definition) is 3. The molecule has 0 bridgehead atoms. The lowest BCUT2D eigenvalue weighted by Gasteiger charge is -2.10. The van der Waals surface area contributed by atoms with Gasteiger partial charge in [-0.25, -0.2) is 0 Å². The maximum atomic E-state index is 12.1. The molecule has 0 fully saturated rings. The highest BCUT2D eigenvalue weighted by Crippen LogP contribution is 2.14. The number of ether oxygens (including phenoxy) is 1. The molecule has 2 rings (SSSR count). The summed E-state index contributed by atoms with van der Waals surface area (Å²) in [5, 5.41) is 8.67. The number of rotatable bonds is 8. The molecular weight excluding hydrogens is 330 g/mol. The lowest BCUT2D eigenvalue weighted by molar-refractivity contribution is -0.114. The van der Waals surface area contributed by atoms with Gasteiger partial charge in [0.2, 0.25) is 5.91 Å². The van der Waals surface area contributed by atoms with Crippen LogP contribution in [0.5, 0.6) is 0 Å². The molecule has 0 radical (unpaired) electrons. The number of methoxy groups -OCH3 is 1. The fourth-order valence-electron chi connectivity index (χ4n) is 2.54. The fourth-order valence-corrected chi connectivity index (χ4v) is 2.54. The summed E-state index contributed by atoms with van der Waals surface area (Å²) < 4.78 is 4.89. The predicted octanol–water partition coefficient (Wildman–Crippen LogP) is 2.73. The fraction of sp³-hybridized carbons (Fsp3) is 0.300. The van der Waals surface area contributed by atoms with E-state index in [0.717, 1.165) is 16.8 Å². The second-order valence-corrected chi connectivity index (χ2v) is 6.10. The van der Waals surface area contributed by atoms with E-state index in [4.69, 9.17) is 4.74 Å². The third kappa shape index (κ3) is 6.22. The summed E-state index contributed by atoms with van der Waals surface area (Å²) in [5.41, 5.74) is 4.39. The highest BCUT2D eigenvalue weighted by atomic mass is 16.5. The quantitative estimate of drug-likeness (QED) is 0.636. The van der Waals surface area contributed by atoms with E-state index in [1.54, 1.807) is 31.4 Å². The molecule has 0 saturated heterocycles. The van der Waals surface area contributed by atoms with E-state index in [9.17, 15) is 9.59 Å². The minimum atomic E-state index is -0.170. The molecule has 0 aromatic heterocycles. The molecule has 0 saturated carbocycles. The number of aryl methyl sites for hydroxylation is 2. The summed E-state index contributed by atoms with van der Waals surface area (Å²) in [4.78, 5) is 24.0. The molecule has 0 atom stereocenters. The molecule has 0 unspecified atom stereocenters. The Balaban J connectivity index is 1.84. The van der Waals surface area contributed by atoms with Crippen molar-refractivity contribution in [1.82, 2.24) is 5.32 Å². The van der Waals surface area contributed by atoms with E-state index in [0.29, 0.717) is 24.4 Å². The molecule has 3 N–H and O–H groups in total. The maximum absolute atomic E-state index is 12.1. The number of carbonyl (C=O) groups excluding carboxylic acids is 2. The average Bonchev–Trinajstić information content (AvgIpc) is 2.60. The SMILES string of the molecule is COCCNC(=O)c1ccc(NC(=O)CNc2cc(C)cc(C)c2)cc1. The number of carbonyl (C=O) groups is 2. The molecule has 0 aliphatic heterocycles.